The lowest BCUT2D eigenvalue weighted by molar-refractivity contribution is 0.474. The molecule has 0 aliphatic heterocycles. The zero-order chi connectivity index (χ0) is 15.2. The highest BCUT2D eigenvalue weighted by molar-refractivity contribution is 14.1. The molecule has 20 heavy (non-hydrogen) atoms. The predicted molar refractivity (Wildman–Crippen MR) is 143 cm³/mol. The summed E-state index contributed by atoms with van der Waals surface area (Å²) in [5, 5.41) is 9.74. The summed E-state index contributed by atoms with van der Waals surface area (Å²) < 4.78 is 8.61. The summed E-state index contributed by atoms with van der Waals surface area (Å²) in [4.78, 5) is 0. The van der Waals surface area contributed by atoms with Gasteiger partial charge in [-0.05, 0) is 170 Å². The lowest BCUT2D eigenvalue weighted by Crippen LogP contribution is -2.02. The van der Waals surface area contributed by atoms with Crippen molar-refractivity contribution < 1.29 is 5.11 Å². The molecule has 1 N–H and O–H groups in total. The number of benzene rings is 2. The van der Waals surface area contributed by atoms with Gasteiger partial charge < -0.3 is 5.11 Å². The first-order valence-electron chi connectivity index (χ1n) is 4.95. The van der Waals surface area contributed by atoms with Crippen molar-refractivity contribution in [3.8, 4) is 16.9 Å². The van der Waals surface area contributed by atoms with Crippen LogP contribution in [-0.2, 0) is 0 Å². The molecule has 1 nitrogen and oxygen atoms in total. The smallest absolute Gasteiger partial charge is 0.117 e. The quantitative estimate of drug-likeness (QED) is 0.181. The van der Waals surface area contributed by atoms with E-state index in [9.17, 15) is 5.11 Å². The highest BCUT2D eigenvalue weighted by Crippen LogP contribution is 2.43. The molecule has 0 heterocycles. The number of hydrogen-bond donors (Lipinski definition) is 1. The molecule has 0 amide bonds. The van der Waals surface area contributed by atoms with Crippen molar-refractivity contribution >= 4 is 158 Å². The van der Waals surface area contributed by atoms with E-state index in [1.54, 1.807) is 0 Å². The molecule has 0 saturated carbocycles. The molecule has 0 bridgehead atoms. The monoisotopic (exact) mass is 1050 g/mol. The molecule has 2 aromatic carbocycles. The van der Waals surface area contributed by atoms with Crippen molar-refractivity contribution in [2.75, 3.05) is 0 Å². The second-order valence-corrected chi connectivity index (χ2v) is 11.4. The van der Waals surface area contributed by atoms with Gasteiger partial charge in [-0.15, -0.1) is 0 Å². The Morgan fingerprint density at radius 1 is 0.550 bits per heavy atom. The van der Waals surface area contributed by atoms with E-state index >= 15 is 0 Å². The lowest BCUT2D eigenvalue weighted by Gasteiger charge is -2.17. The summed E-state index contributed by atoms with van der Waals surface area (Å²) in [7, 11) is 0. The van der Waals surface area contributed by atoms with Crippen LogP contribution in [0.3, 0.4) is 0 Å². The maximum absolute atomic E-state index is 9.74. The normalized spacial score (nSPS) is 10.9. The van der Waals surface area contributed by atoms with Crippen molar-refractivity contribution in [2.24, 2.45) is 0 Å². The van der Waals surface area contributed by atoms with Crippen molar-refractivity contribution in [1.29, 1.82) is 0 Å². The van der Waals surface area contributed by atoms with Crippen LogP contribution in [0, 0.1) is 25.0 Å². The molecule has 2 aromatic rings. The molecule has 0 aromatic heterocycles. The van der Waals surface area contributed by atoms with Gasteiger partial charge in [0.15, 0.2) is 0 Å². The number of phenolic OH excluding ortho intramolecular Hbond substituents is 1. The number of phenols is 1. The molecule has 0 radical (unpaired) electrons. The maximum Gasteiger partial charge on any atom is 0.117 e. The molecule has 0 aliphatic carbocycles. The van der Waals surface area contributed by atoms with Crippen molar-refractivity contribution in [3.63, 3.8) is 0 Å². The summed E-state index contributed by atoms with van der Waals surface area (Å²) in [6.45, 7) is 0. The fourth-order valence-electron chi connectivity index (χ4n) is 1.62. The van der Waals surface area contributed by atoms with Crippen LogP contribution < -0.4 is 0 Å². The average Bonchev–Trinajstić information content (AvgIpc) is 2.37. The molecule has 0 spiro atoms. The SMILES string of the molecule is Oc1cc(I)c(-c2c(I)c(I)c(I)c(I)c2I)c(I)c1. The highest BCUT2D eigenvalue weighted by Gasteiger charge is 2.22. The molecule has 0 atom stereocenters. The first kappa shape index (κ1) is 19.7. The van der Waals surface area contributed by atoms with E-state index in [2.05, 4.69) is 158 Å². The van der Waals surface area contributed by atoms with Gasteiger partial charge in [0.2, 0.25) is 0 Å². The fraction of sp³-hybridized carbons (Fsp3) is 0. The van der Waals surface area contributed by atoms with Gasteiger partial charge in [0.05, 0.1) is 0 Å². The van der Waals surface area contributed by atoms with Crippen LogP contribution in [0.1, 0.15) is 0 Å². The minimum Gasteiger partial charge on any atom is -0.508 e. The molecule has 0 unspecified atom stereocenters. The zero-order valence-corrected chi connectivity index (χ0v) is 24.4. The van der Waals surface area contributed by atoms with E-state index in [4.69, 9.17) is 0 Å². The van der Waals surface area contributed by atoms with E-state index in [1.165, 1.54) is 29.0 Å². The third-order valence-electron chi connectivity index (χ3n) is 2.49. The first-order valence-corrected chi connectivity index (χ1v) is 12.5. The Bertz CT molecular complexity index is 659. The minimum atomic E-state index is 0.322. The van der Waals surface area contributed by atoms with Gasteiger partial charge >= 0.3 is 0 Å². The number of aromatic hydroxyl groups is 1. The van der Waals surface area contributed by atoms with Gasteiger partial charge in [0, 0.05) is 36.1 Å². The highest BCUT2D eigenvalue weighted by atomic mass is 127. The van der Waals surface area contributed by atoms with Crippen molar-refractivity contribution in [2.45, 2.75) is 0 Å². The largest absolute Gasteiger partial charge is 0.508 e. The van der Waals surface area contributed by atoms with Crippen LogP contribution in [0.25, 0.3) is 11.1 Å². The van der Waals surface area contributed by atoms with Crippen molar-refractivity contribution in [3.05, 3.63) is 37.1 Å². The average molecular weight is 1050 g/mol. The van der Waals surface area contributed by atoms with Gasteiger partial charge in [0.1, 0.15) is 5.75 Å². The molecular formula is C12H3I7O. The Hall–Kier alpha value is 3.35. The number of halogens is 7. The van der Waals surface area contributed by atoms with Crippen LogP contribution in [0.4, 0.5) is 0 Å². The Labute approximate surface area is 212 Å². The maximum atomic E-state index is 9.74. The van der Waals surface area contributed by atoms with Crippen LogP contribution in [0.5, 0.6) is 5.75 Å². The first-order chi connectivity index (χ1) is 9.25. The van der Waals surface area contributed by atoms with E-state index in [0.29, 0.717) is 5.75 Å². The summed E-state index contributed by atoms with van der Waals surface area (Å²) in [6, 6.07) is 3.64. The Balaban J connectivity index is 2.91. The van der Waals surface area contributed by atoms with Gasteiger partial charge in [-0.2, -0.15) is 0 Å². The summed E-state index contributed by atoms with van der Waals surface area (Å²) in [5.41, 5.74) is 2.49. The molecule has 0 fully saturated rings. The van der Waals surface area contributed by atoms with Crippen molar-refractivity contribution in [1.82, 2.24) is 0 Å². The zero-order valence-electron chi connectivity index (χ0n) is 9.25. The van der Waals surface area contributed by atoms with Gasteiger partial charge in [-0.1, -0.05) is 0 Å². The lowest BCUT2D eigenvalue weighted by atomic mass is 10.1. The number of rotatable bonds is 1. The summed E-state index contributed by atoms with van der Waals surface area (Å²) >= 11 is 16.7. The van der Waals surface area contributed by atoms with E-state index in [-0.39, 0.29) is 0 Å². The molecule has 106 valence electrons. The summed E-state index contributed by atoms with van der Waals surface area (Å²) in [6.07, 6.45) is 0. The van der Waals surface area contributed by atoms with Crippen LogP contribution in [0.2, 0.25) is 0 Å². The third-order valence-corrected chi connectivity index (χ3v) is 13.7. The minimum absolute atomic E-state index is 0.322. The topological polar surface area (TPSA) is 20.2 Å². The molecule has 0 saturated heterocycles. The number of hydrogen-bond acceptors (Lipinski definition) is 1. The molecule has 8 heteroatoms. The predicted octanol–water partition coefficient (Wildman–Crippen LogP) is 7.29. The van der Waals surface area contributed by atoms with E-state index in [0.717, 1.165) is 7.14 Å². The summed E-state index contributed by atoms with van der Waals surface area (Å²) in [5.74, 6) is 0.322. The van der Waals surface area contributed by atoms with E-state index < -0.39 is 0 Å². The second kappa shape index (κ2) is 8.15. The second-order valence-electron chi connectivity index (χ2n) is 3.73. The van der Waals surface area contributed by atoms with Crippen LogP contribution in [-0.4, -0.2) is 5.11 Å². The Morgan fingerprint density at radius 2 is 0.900 bits per heavy atom. The molecule has 0 aliphatic rings. The Kier molecular flexibility index (Phi) is 8.02. The van der Waals surface area contributed by atoms with E-state index in [1.807, 2.05) is 12.1 Å². The standard InChI is InChI=1S/C12H3I7O/c13-4-1-3(20)2-5(14)6(4)7-8(15)10(17)12(19)11(18)9(7)16/h1-2,20H. The fourth-order valence-corrected chi connectivity index (χ4v) is 9.20. The van der Waals surface area contributed by atoms with Gasteiger partial charge in [-0.25, -0.2) is 0 Å². The Morgan fingerprint density at radius 3 is 1.30 bits per heavy atom. The van der Waals surface area contributed by atoms with Gasteiger partial charge in [0.25, 0.3) is 0 Å². The molecule has 2 rings (SSSR count). The molecular weight excluding hydrogens is 1050 g/mol. The van der Waals surface area contributed by atoms with Gasteiger partial charge in [-0.3, -0.25) is 0 Å². The van der Waals surface area contributed by atoms with Crippen LogP contribution >= 0.6 is 158 Å². The van der Waals surface area contributed by atoms with Crippen LogP contribution in [0.15, 0.2) is 12.1 Å². The third kappa shape index (κ3) is 3.94.